The molecule has 0 unspecified atom stereocenters. The molecule has 0 saturated carbocycles. The molecule has 0 radical (unpaired) electrons. The maximum atomic E-state index is 14.4. The standard InChI is InChI=1S/C19H23FN8O/c1-3-15(29)27-8-5-6-12(11-27)22-18-16-13(20)10-21-17(16)24-19(25-18)23-14-7-9-28(4-2)26-14/h3,7,9-10,12H,1,4-6,8,11H2,2H3,(H3,21,22,23,24,25,26)/t12-/m1/s1. The Hall–Kier alpha value is -3.43. The molecule has 3 aromatic rings. The van der Waals surface area contributed by atoms with Crippen molar-refractivity contribution in [2.24, 2.45) is 0 Å². The zero-order valence-electron chi connectivity index (χ0n) is 16.2. The molecule has 1 aliphatic heterocycles. The van der Waals surface area contributed by atoms with E-state index in [4.69, 9.17) is 0 Å². The summed E-state index contributed by atoms with van der Waals surface area (Å²) in [5.41, 5.74) is 0.382. The first-order valence-electron chi connectivity index (χ1n) is 9.60. The average Bonchev–Trinajstić information content (AvgIpc) is 3.34. The van der Waals surface area contributed by atoms with Crippen molar-refractivity contribution in [1.82, 2.24) is 29.6 Å². The van der Waals surface area contributed by atoms with Crippen LogP contribution < -0.4 is 10.6 Å². The summed E-state index contributed by atoms with van der Waals surface area (Å²) in [6.45, 7) is 7.48. The molecule has 1 saturated heterocycles. The number of carbonyl (C=O) groups is 1. The number of aromatic amines is 1. The monoisotopic (exact) mass is 398 g/mol. The topological polar surface area (TPSA) is 104 Å². The highest BCUT2D eigenvalue weighted by Crippen LogP contribution is 2.27. The predicted octanol–water partition coefficient (Wildman–Crippen LogP) is 2.65. The van der Waals surface area contributed by atoms with E-state index in [-0.39, 0.29) is 11.9 Å². The Kier molecular flexibility index (Phi) is 5.15. The summed E-state index contributed by atoms with van der Waals surface area (Å²) in [7, 11) is 0. The Bertz CT molecular complexity index is 1040. The van der Waals surface area contributed by atoms with E-state index in [1.807, 2.05) is 19.2 Å². The molecule has 10 heteroatoms. The Balaban J connectivity index is 1.61. The van der Waals surface area contributed by atoms with Gasteiger partial charge >= 0.3 is 0 Å². The third kappa shape index (κ3) is 3.91. The van der Waals surface area contributed by atoms with Gasteiger partial charge < -0.3 is 20.5 Å². The lowest BCUT2D eigenvalue weighted by atomic mass is 10.1. The fraction of sp³-hybridized carbons (Fsp3) is 0.368. The molecule has 0 bridgehead atoms. The molecule has 1 atom stereocenters. The van der Waals surface area contributed by atoms with E-state index < -0.39 is 5.82 Å². The highest BCUT2D eigenvalue weighted by atomic mass is 19.1. The van der Waals surface area contributed by atoms with Crippen molar-refractivity contribution in [2.75, 3.05) is 23.7 Å². The van der Waals surface area contributed by atoms with Crippen LogP contribution in [0.3, 0.4) is 0 Å². The molecular formula is C19H23FN8O. The lowest BCUT2D eigenvalue weighted by Crippen LogP contribution is -2.44. The van der Waals surface area contributed by atoms with Crippen LogP contribution in [0.4, 0.5) is 22.0 Å². The zero-order chi connectivity index (χ0) is 20.4. The van der Waals surface area contributed by atoms with Gasteiger partial charge in [-0.05, 0) is 25.8 Å². The molecule has 0 spiro atoms. The van der Waals surface area contributed by atoms with Gasteiger partial charge in [0.15, 0.2) is 11.6 Å². The number of aryl methyl sites for hydroxylation is 1. The highest BCUT2D eigenvalue weighted by Gasteiger charge is 2.24. The summed E-state index contributed by atoms with van der Waals surface area (Å²) in [5, 5.41) is 11.0. The molecule has 4 heterocycles. The van der Waals surface area contributed by atoms with E-state index in [1.54, 1.807) is 9.58 Å². The second kappa shape index (κ2) is 7.90. The van der Waals surface area contributed by atoms with Crippen molar-refractivity contribution in [3.05, 3.63) is 36.9 Å². The fourth-order valence-electron chi connectivity index (χ4n) is 3.49. The maximum Gasteiger partial charge on any atom is 0.246 e. The van der Waals surface area contributed by atoms with Crippen molar-refractivity contribution >= 4 is 34.5 Å². The van der Waals surface area contributed by atoms with E-state index in [9.17, 15) is 9.18 Å². The summed E-state index contributed by atoms with van der Waals surface area (Å²) in [6.07, 6.45) is 6.12. The molecule has 1 fully saturated rings. The Morgan fingerprint density at radius 1 is 1.48 bits per heavy atom. The number of likely N-dealkylation sites (tertiary alicyclic amines) is 1. The first-order chi connectivity index (χ1) is 14.1. The van der Waals surface area contributed by atoms with E-state index in [2.05, 4.69) is 37.3 Å². The second-order valence-electron chi connectivity index (χ2n) is 6.91. The van der Waals surface area contributed by atoms with Gasteiger partial charge in [0.05, 0.1) is 5.39 Å². The van der Waals surface area contributed by atoms with Gasteiger partial charge in [0.25, 0.3) is 0 Å². The molecule has 3 aromatic heterocycles. The molecule has 1 aliphatic rings. The molecule has 0 aliphatic carbocycles. The molecular weight excluding hydrogens is 375 g/mol. The summed E-state index contributed by atoms with van der Waals surface area (Å²) < 4.78 is 16.1. The van der Waals surface area contributed by atoms with Crippen molar-refractivity contribution < 1.29 is 9.18 Å². The summed E-state index contributed by atoms with van der Waals surface area (Å²) in [5.74, 6) is 0.747. The number of carbonyl (C=O) groups excluding carboxylic acids is 1. The zero-order valence-corrected chi connectivity index (χ0v) is 16.2. The second-order valence-corrected chi connectivity index (χ2v) is 6.91. The fourth-order valence-corrected chi connectivity index (χ4v) is 3.49. The largest absolute Gasteiger partial charge is 0.365 e. The molecule has 9 nitrogen and oxygen atoms in total. The first-order valence-corrected chi connectivity index (χ1v) is 9.60. The number of anilines is 3. The van der Waals surface area contributed by atoms with E-state index in [1.165, 1.54) is 12.3 Å². The van der Waals surface area contributed by atoms with E-state index in [0.717, 1.165) is 19.4 Å². The smallest absolute Gasteiger partial charge is 0.246 e. The minimum Gasteiger partial charge on any atom is -0.365 e. The third-order valence-electron chi connectivity index (χ3n) is 4.94. The Morgan fingerprint density at radius 3 is 3.10 bits per heavy atom. The lowest BCUT2D eigenvalue weighted by Gasteiger charge is -2.32. The van der Waals surface area contributed by atoms with Crippen LogP contribution in [0.2, 0.25) is 0 Å². The quantitative estimate of drug-likeness (QED) is 0.552. The predicted molar refractivity (Wildman–Crippen MR) is 108 cm³/mol. The summed E-state index contributed by atoms with van der Waals surface area (Å²) in [4.78, 5) is 25.3. The number of fused-ring (bicyclic) bond motifs is 1. The van der Waals surface area contributed by atoms with Crippen molar-refractivity contribution in [3.63, 3.8) is 0 Å². The third-order valence-corrected chi connectivity index (χ3v) is 4.94. The van der Waals surface area contributed by atoms with Crippen LogP contribution in [0.5, 0.6) is 0 Å². The molecule has 152 valence electrons. The molecule has 3 N–H and O–H groups in total. The van der Waals surface area contributed by atoms with Gasteiger partial charge in [-0.2, -0.15) is 15.1 Å². The van der Waals surface area contributed by atoms with Gasteiger partial charge in [-0.3, -0.25) is 9.48 Å². The van der Waals surface area contributed by atoms with E-state index in [0.29, 0.717) is 41.7 Å². The number of amides is 1. The van der Waals surface area contributed by atoms with Crippen LogP contribution in [-0.2, 0) is 11.3 Å². The number of hydrogen-bond donors (Lipinski definition) is 3. The minimum absolute atomic E-state index is 0.0489. The Morgan fingerprint density at radius 2 is 2.34 bits per heavy atom. The summed E-state index contributed by atoms with van der Waals surface area (Å²) in [6, 6.07) is 1.77. The van der Waals surface area contributed by atoms with Gasteiger partial charge in [0, 0.05) is 44.1 Å². The molecule has 1 amide bonds. The van der Waals surface area contributed by atoms with Gasteiger partial charge in [-0.15, -0.1) is 0 Å². The molecule has 0 aromatic carbocycles. The van der Waals surface area contributed by atoms with Crippen molar-refractivity contribution in [1.29, 1.82) is 0 Å². The first kappa shape index (κ1) is 18.9. The normalized spacial score (nSPS) is 16.8. The number of nitrogens with zero attached hydrogens (tertiary/aromatic N) is 5. The molecule has 29 heavy (non-hydrogen) atoms. The van der Waals surface area contributed by atoms with Crippen LogP contribution >= 0.6 is 0 Å². The molecule has 4 rings (SSSR count). The highest BCUT2D eigenvalue weighted by molar-refractivity contribution is 5.89. The maximum absolute atomic E-state index is 14.4. The van der Waals surface area contributed by atoms with Crippen LogP contribution in [0.25, 0.3) is 11.0 Å². The van der Waals surface area contributed by atoms with Crippen molar-refractivity contribution in [2.45, 2.75) is 32.4 Å². The summed E-state index contributed by atoms with van der Waals surface area (Å²) >= 11 is 0. The van der Waals surface area contributed by atoms with Crippen LogP contribution in [0.15, 0.2) is 31.1 Å². The number of piperidine rings is 1. The van der Waals surface area contributed by atoms with Crippen molar-refractivity contribution in [3.8, 4) is 0 Å². The van der Waals surface area contributed by atoms with Gasteiger partial charge in [0.1, 0.15) is 11.5 Å². The van der Waals surface area contributed by atoms with Crippen LogP contribution in [0, 0.1) is 5.82 Å². The number of halogens is 1. The average molecular weight is 398 g/mol. The van der Waals surface area contributed by atoms with Gasteiger partial charge in [-0.1, -0.05) is 6.58 Å². The minimum atomic E-state index is -0.431. The van der Waals surface area contributed by atoms with Gasteiger partial charge in [-0.25, -0.2) is 4.39 Å². The number of nitrogens with one attached hydrogen (secondary N) is 3. The number of rotatable bonds is 6. The number of hydrogen-bond acceptors (Lipinski definition) is 6. The SMILES string of the molecule is C=CC(=O)N1CCC[C@@H](Nc2nc(Nc3ccn(CC)n3)nc3[nH]cc(F)c23)C1. The number of H-pyrrole nitrogens is 1. The Labute approximate surface area is 167 Å². The van der Waals surface area contributed by atoms with Crippen LogP contribution in [-0.4, -0.2) is 54.7 Å². The van der Waals surface area contributed by atoms with E-state index >= 15 is 0 Å². The van der Waals surface area contributed by atoms with Crippen LogP contribution in [0.1, 0.15) is 19.8 Å². The lowest BCUT2D eigenvalue weighted by molar-refractivity contribution is -0.127. The van der Waals surface area contributed by atoms with Gasteiger partial charge in [0.2, 0.25) is 11.9 Å². The number of aromatic nitrogens is 5.